The van der Waals surface area contributed by atoms with Crippen molar-refractivity contribution in [3.8, 4) is 0 Å². The molecule has 0 radical (unpaired) electrons. The first-order valence-electron chi connectivity index (χ1n) is 6.49. The van der Waals surface area contributed by atoms with Crippen LogP contribution in [0.25, 0.3) is 0 Å². The van der Waals surface area contributed by atoms with E-state index in [9.17, 15) is 10.0 Å². The van der Waals surface area contributed by atoms with Gasteiger partial charge in [-0.05, 0) is 37.8 Å². The Hall–Kier alpha value is -1.39. The zero-order chi connectivity index (χ0) is 13.1. The number of benzene rings is 1. The van der Waals surface area contributed by atoms with Gasteiger partial charge in [0.05, 0.1) is 6.54 Å². The molecule has 18 heavy (non-hydrogen) atoms. The highest BCUT2D eigenvalue weighted by Crippen LogP contribution is 2.19. The third-order valence-corrected chi connectivity index (χ3v) is 3.60. The molecule has 0 bridgehead atoms. The molecule has 1 aromatic carbocycles. The van der Waals surface area contributed by atoms with E-state index in [4.69, 9.17) is 0 Å². The standard InChI is InChI=1S/C14H20N2O2/c1-10-6-5-7-11(2)13(10)15-14(17)12-8-3-4-9-16(12)18/h5-7,12,16H,3-4,8-9H2,1-2H3,(H,15,17). The summed E-state index contributed by atoms with van der Waals surface area (Å²) in [5.74, 6) is -0.142. The minimum Gasteiger partial charge on any atom is -0.634 e. The van der Waals surface area contributed by atoms with E-state index in [0.717, 1.165) is 29.7 Å². The van der Waals surface area contributed by atoms with E-state index in [-0.39, 0.29) is 11.0 Å². The van der Waals surface area contributed by atoms with Gasteiger partial charge in [0.15, 0.2) is 6.04 Å². The van der Waals surface area contributed by atoms with Crippen molar-refractivity contribution in [3.63, 3.8) is 0 Å². The summed E-state index contributed by atoms with van der Waals surface area (Å²) in [7, 11) is 0. The minimum absolute atomic E-state index is 0.0880. The van der Waals surface area contributed by atoms with E-state index in [0.29, 0.717) is 13.0 Å². The van der Waals surface area contributed by atoms with Crippen molar-refractivity contribution >= 4 is 11.6 Å². The number of hydrogen-bond acceptors (Lipinski definition) is 2. The highest BCUT2D eigenvalue weighted by atomic mass is 16.5. The number of anilines is 1. The average Bonchev–Trinajstić information content (AvgIpc) is 2.34. The van der Waals surface area contributed by atoms with E-state index in [1.165, 1.54) is 0 Å². The summed E-state index contributed by atoms with van der Waals surface area (Å²) in [5, 5.41) is 14.7. The predicted octanol–water partition coefficient (Wildman–Crippen LogP) is 1.18. The van der Waals surface area contributed by atoms with Crippen molar-refractivity contribution in [1.82, 2.24) is 0 Å². The van der Waals surface area contributed by atoms with E-state index in [1.807, 2.05) is 32.0 Å². The third-order valence-electron chi connectivity index (χ3n) is 3.60. The van der Waals surface area contributed by atoms with Crippen molar-refractivity contribution in [2.24, 2.45) is 0 Å². The van der Waals surface area contributed by atoms with Crippen LogP contribution in [-0.4, -0.2) is 18.5 Å². The highest BCUT2D eigenvalue weighted by molar-refractivity contribution is 5.95. The molecule has 1 aromatic rings. The third kappa shape index (κ3) is 2.71. The first-order valence-corrected chi connectivity index (χ1v) is 6.49. The average molecular weight is 248 g/mol. The Kier molecular flexibility index (Phi) is 3.99. The topological polar surface area (TPSA) is 56.6 Å². The van der Waals surface area contributed by atoms with Gasteiger partial charge in [0.2, 0.25) is 0 Å². The van der Waals surface area contributed by atoms with Gasteiger partial charge in [0.1, 0.15) is 0 Å². The second-order valence-corrected chi connectivity index (χ2v) is 5.02. The maximum Gasteiger partial charge on any atom is 0.282 e. The second-order valence-electron chi connectivity index (χ2n) is 5.02. The highest BCUT2D eigenvalue weighted by Gasteiger charge is 2.28. The number of carbonyl (C=O) groups is 1. The molecule has 1 aliphatic heterocycles. The van der Waals surface area contributed by atoms with Crippen LogP contribution in [0.5, 0.6) is 0 Å². The van der Waals surface area contributed by atoms with Gasteiger partial charge < -0.3 is 15.6 Å². The molecule has 0 spiro atoms. The van der Waals surface area contributed by atoms with Crippen LogP contribution in [0.2, 0.25) is 0 Å². The van der Waals surface area contributed by atoms with Crippen molar-refractivity contribution < 1.29 is 9.86 Å². The summed E-state index contributed by atoms with van der Waals surface area (Å²) in [6.07, 6.45) is 2.58. The molecule has 2 N–H and O–H groups in total. The molecule has 1 heterocycles. The van der Waals surface area contributed by atoms with Crippen LogP contribution in [0.3, 0.4) is 0 Å². The Morgan fingerprint density at radius 1 is 1.33 bits per heavy atom. The van der Waals surface area contributed by atoms with Crippen molar-refractivity contribution in [2.45, 2.75) is 39.2 Å². The molecular formula is C14H20N2O2. The lowest BCUT2D eigenvalue weighted by molar-refractivity contribution is -0.870. The molecule has 1 saturated heterocycles. The van der Waals surface area contributed by atoms with E-state index in [1.54, 1.807) is 0 Å². The molecule has 4 nitrogen and oxygen atoms in total. The number of para-hydroxylation sites is 1. The Morgan fingerprint density at radius 3 is 2.61 bits per heavy atom. The Morgan fingerprint density at radius 2 is 2.00 bits per heavy atom. The zero-order valence-electron chi connectivity index (χ0n) is 11.0. The van der Waals surface area contributed by atoms with Crippen LogP contribution in [0.4, 0.5) is 5.69 Å². The summed E-state index contributed by atoms with van der Waals surface area (Å²) in [6, 6.07) is 5.45. The monoisotopic (exact) mass is 248 g/mol. The fourth-order valence-corrected chi connectivity index (χ4v) is 2.48. The van der Waals surface area contributed by atoms with E-state index in [2.05, 4.69) is 5.32 Å². The first kappa shape index (κ1) is 13.1. The summed E-state index contributed by atoms with van der Waals surface area (Å²) in [6.45, 7) is 4.47. The number of piperidine rings is 1. The predicted molar refractivity (Wildman–Crippen MR) is 71.4 cm³/mol. The normalized spacial score (nSPS) is 23.7. The smallest absolute Gasteiger partial charge is 0.282 e. The van der Waals surface area contributed by atoms with Gasteiger partial charge in [-0.15, -0.1) is 0 Å². The molecule has 2 atom stereocenters. The van der Waals surface area contributed by atoms with Gasteiger partial charge in [0.25, 0.3) is 5.91 Å². The molecule has 2 rings (SSSR count). The van der Waals surface area contributed by atoms with Crippen molar-refractivity contribution in [1.29, 1.82) is 0 Å². The number of hydroxylamine groups is 2. The van der Waals surface area contributed by atoms with E-state index >= 15 is 0 Å². The van der Waals surface area contributed by atoms with Gasteiger partial charge in [-0.3, -0.25) is 4.79 Å². The van der Waals surface area contributed by atoms with Crippen LogP contribution in [-0.2, 0) is 4.79 Å². The van der Waals surface area contributed by atoms with Crippen LogP contribution in [0, 0.1) is 19.1 Å². The SMILES string of the molecule is Cc1cccc(C)c1NC(=O)C1CCCC[NH+]1[O-]. The van der Waals surface area contributed by atoms with Gasteiger partial charge in [-0.2, -0.15) is 0 Å². The molecule has 98 valence electrons. The largest absolute Gasteiger partial charge is 0.634 e. The number of carbonyl (C=O) groups excluding carboxylic acids is 1. The number of amides is 1. The van der Waals surface area contributed by atoms with Crippen LogP contribution in [0.15, 0.2) is 18.2 Å². The maximum atomic E-state index is 12.2. The number of nitrogens with one attached hydrogen (secondary N) is 2. The molecule has 2 unspecified atom stereocenters. The Labute approximate surface area is 108 Å². The molecule has 1 aliphatic rings. The molecule has 1 fully saturated rings. The van der Waals surface area contributed by atoms with Crippen LogP contribution in [0.1, 0.15) is 30.4 Å². The van der Waals surface area contributed by atoms with Gasteiger partial charge in [0, 0.05) is 12.1 Å². The number of rotatable bonds is 2. The van der Waals surface area contributed by atoms with Gasteiger partial charge >= 0.3 is 0 Å². The lowest BCUT2D eigenvalue weighted by atomic mass is 10.0. The van der Waals surface area contributed by atoms with Crippen LogP contribution >= 0.6 is 0 Å². The fourth-order valence-electron chi connectivity index (χ4n) is 2.48. The van der Waals surface area contributed by atoms with E-state index < -0.39 is 6.04 Å². The molecule has 0 saturated carbocycles. The first-order chi connectivity index (χ1) is 8.59. The maximum absolute atomic E-state index is 12.2. The second kappa shape index (κ2) is 5.50. The van der Waals surface area contributed by atoms with Gasteiger partial charge in [-0.1, -0.05) is 18.2 Å². The fraction of sp³-hybridized carbons (Fsp3) is 0.500. The van der Waals surface area contributed by atoms with Crippen molar-refractivity contribution in [3.05, 3.63) is 34.5 Å². The molecule has 0 aromatic heterocycles. The van der Waals surface area contributed by atoms with Crippen LogP contribution < -0.4 is 10.4 Å². The zero-order valence-corrected chi connectivity index (χ0v) is 11.0. The Balaban J connectivity index is 2.11. The summed E-state index contributed by atoms with van der Waals surface area (Å²) < 4.78 is 0. The number of quaternary nitrogens is 1. The summed E-state index contributed by atoms with van der Waals surface area (Å²) in [5.41, 5.74) is 2.92. The lowest BCUT2D eigenvalue weighted by Crippen LogP contribution is -3.13. The number of aryl methyl sites for hydroxylation is 2. The minimum atomic E-state index is -0.447. The molecule has 1 amide bonds. The summed E-state index contributed by atoms with van der Waals surface area (Å²) in [4.78, 5) is 12.2. The lowest BCUT2D eigenvalue weighted by Gasteiger charge is -2.34. The quantitative estimate of drug-likeness (QED) is 0.772. The number of hydrogen-bond donors (Lipinski definition) is 2. The molecular weight excluding hydrogens is 228 g/mol. The Bertz CT molecular complexity index is 425. The molecule has 4 heteroatoms. The molecule has 0 aliphatic carbocycles. The summed E-state index contributed by atoms with van der Waals surface area (Å²) >= 11 is 0. The van der Waals surface area contributed by atoms with Gasteiger partial charge in [-0.25, -0.2) is 0 Å². The van der Waals surface area contributed by atoms with Crippen molar-refractivity contribution in [2.75, 3.05) is 11.9 Å².